The summed E-state index contributed by atoms with van der Waals surface area (Å²) in [6.07, 6.45) is 6.01. The maximum Gasteiger partial charge on any atom is 0.409 e. The van der Waals surface area contributed by atoms with Crippen molar-refractivity contribution in [2.24, 2.45) is 5.73 Å². The van der Waals surface area contributed by atoms with Crippen LogP contribution in [-0.4, -0.2) is 16.1 Å². The molecule has 3 rings (SSSR count). The number of hydrogen-bond donors (Lipinski definition) is 1. The van der Waals surface area contributed by atoms with E-state index in [1.54, 1.807) is 30.9 Å². The summed E-state index contributed by atoms with van der Waals surface area (Å²) in [7, 11) is 0. The average molecular weight is 279 g/mol. The van der Waals surface area contributed by atoms with Crippen LogP contribution < -0.4 is 10.5 Å². The SMILES string of the molecule is Cc1ccncc1-c1cc(OC(N)=O)c2cnccc2c1. The summed E-state index contributed by atoms with van der Waals surface area (Å²) < 4.78 is 5.11. The van der Waals surface area contributed by atoms with Crippen molar-refractivity contribution in [3.63, 3.8) is 0 Å². The first kappa shape index (κ1) is 13.1. The summed E-state index contributed by atoms with van der Waals surface area (Å²) in [6, 6.07) is 7.58. The van der Waals surface area contributed by atoms with E-state index in [9.17, 15) is 4.79 Å². The van der Waals surface area contributed by atoms with Gasteiger partial charge in [-0.2, -0.15) is 0 Å². The van der Waals surface area contributed by atoms with Crippen LogP contribution in [0.25, 0.3) is 21.9 Å². The minimum atomic E-state index is -0.847. The summed E-state index contributed by atoms with van der Waals surface area (Å²) in [4.78, 5) is 19.3. The van der Waals surface area contributed by atoms with E-state index in [-0.39, 0.29) is 0 Å². The van der Waals surface area contributed by atoms with Crippen molar-refractivity contribution in [3.05, 3.63) is 54.6 Å². The highest BCUT2D eigenvalue weighted by Gasteiger charge is 2.10. The number of aromatic nitrogens is 2. The predicted octanol–water partition coefficient (Wildman–Crippen LogP) is 3.06. The highest BCUT2D eigenvalue weighted by molar-refractivity contribution is 5.93. The number of ether oxygens (including phenoxy) is 1. The maximum atomic E-state index is 11.1. The number of fused-ring (bicyclic) bond motifs is 1. The van der Waals surface area contributed by atoms with Gasteiger partial charge in [0.25, 0.3) is 0 Å². The van der Waals surface area contributed by atoms with Crippen LogP contribution in [0.1, 0.15) is 5.56 Å². The number of amides is 1. The van der Waals surface area contributed by atoms with Gasteiger partial charge in [-0.15, -0.1) is 0 Å². The number of nitrogens with two attached hydrogens (primary N) is 1. The number of pyridine rings is 2. The molecule has 0 spiro atoms. The van der Waals surface area contributed by atoms with Crippen molar-refractivity contribution >= 4 is 16.9 Å². The molecule has 2 heterocycles. The second-order valence-electron chi connectivity index (χ2n) is 4.68. The highest BCUT2D eigenvalue weighted by Crippen LogP contribution is 2.33. The van der Waals surface area contributed by atoms with Gasteiger partial charge in [-0.1, -0.05) is 0 Å². The van der Waals surface area contributed by atoms with Gasteiger partial charge in [0.1, 0.15) is 5.75 Å². The molecule has 2 aromatic heterocycles. The molecule has 5 nitrogen and oxygen atoms in total. The van der Waals surface area contributed by atoms with Crippen molar-refractivity contribution < 1.29 is 9.53 Å². The van der Waals surface area contributed by atoms with Crippen LogP contribution in [0.15, 0.2) is 49.1 Å². The molecular formula is C16H13N3O2. The van der Waals surface area contributed by atoms with Crippen LogP contribution in [0.3, 0.4) is 0 Å². The summed E-state index contributed by atoms with van der Waals surface area (Å²) in [5.74, 6) is 0.395. The Labute approximate surface area is 121 Å². The van der Waals surface area contributed by atoms with E-state index in [2.05, 4.69) is 9.97 Å². The fourth-order valence-electron chi connectivity index (χ4n) is 2.28. The Kier molecular flexibility index (Phi) is 3.23. The lowest BCUT2D eigenvalue weighted by molar-refractivity contribution is 0.211. The second-order valence-corrected chi connectivity index (χ2v) is 4.68. The van der Waals surface area contributed by atoms with Crippen LogP contribution in [0.5, 0.6) is 5.75 Å². The zero-order valence-electron chi connectivity index (χ0n) is 11.4. The minimum absolute atomic E-state index is 0.395. The monoisotopic (exact) mass is 279 g/mol. The largest absolute Gasteiger partial charge is 0.410 e. The Balaban J connectivity index is 2.25. The van der Waals surface area contributed by atoms with E-state index in [0.29, 0.717) is 5.75 Å². The molecule has 0 saturated heterocycles. The van der Waals surface area contributed by atoms with Gasteiger partial charge in [0.2, 0.25) is 0 Å². The number of nitrogens with zero attached hydrogens (tertiary/aromatic N) is 2. The average Bonchev–Trinajstić information content (AvgIpc) is 2.47. The highest BCUT2D eigenvalue weighted by atomic mass is 16.5. The van der Waals surface area contributed by atoms with Crippen molar-refractivity contribution in [2.45, 2.75) is 6.92 Å². The van der Waals surface area contributed by atoms with Gasteiger partial charge < -0.3 is 10.5 Å². The molecule has 0 radical (unpaired) electrons. The third kappa shape index (κ3) is 2.53. The molecule has 0 fully saturated rings. The molecule has 21 heavy (non-hydrogen) atoms. The molecule has 104 valence electrons. The topological polar surface area (TPSA) is 78.1 Å². The molecule has 0 unspecified atom stereocenters. The molecule has 5 heteroatoms. The molecule has 0 aliphatic carbocycles. The van der Waals surface area contributed by atoms with E-state index < -0.39 is 6.09 Å². The van der Waals surface area contributed by atoms with Gasteiger partial charge >= 0.3 is 6.09 Å². The molecule has 1 aromatic carbocycles. The number of aryl methyl sites for hydroxylation is 1. The molecule has 0 bridgehead atoms. The Morgan fingerprint density at radius 2 is 1.90 bits per heavy atom. The zero-order valence-corrected chi connectivity index (χ0v) is 11.4. The van der Waals surface area contributed by atoms with Gasteiger partial charge in [0.15, 0.2) is 0 Å². The van der Waals surface area contributed by atoms with Gasteiger partial charge in [0, 0.05) is 35.7 Å². The van der Waals surface area contributed by atoms with E-state index >= 15 is 0 Å². The van der Waals surface area contributed by atoms with E-state index in [1.165, 1.54) is 0 Å². The summed E-state index contributed by atoms with van der Waals surface area (Å²) >= 11 is 0. The number of hydrogen-bond acceptors (Lipinski definition) is 4. The number of rotatable bonds is 2. The normalized spacial score (nSPS) is 10.5. The first-order valence-electron chi connectivity index (χ1n) is 6.41. The van der Waals surface area contributed by atoms with Crippen LogP contribution in [0.4, 0.5) is 4.79 Å². The second kappa shape index (κ2) is 5.20. The smallest absolute Gasteiger partial charge is 0.409 e. The first-order valence-corrected chi connectivity index (χ1v) is 6.41. The molecule has 2 N–H and O–H groups in total. The number of primary amides is 1. The fourth-order valence-corrected chi connectivity index (χ4v) is 2.28. The van der Waals surface area contributed by atoms with E-state index in [1.807, 2.05) is 25.1 Å². The third-order valence-electron chi connectivity index (χ3n) is 3.28. The maximum absolute atomic E-state index is 11.1. The third-order valence-corrected chi connectivity index (χ3v) is 3.28. The number of carbonyl (C=O) groups is 1. The van der Waals surface area contributed by atoms with Crippen molar-refractivity contribution in [3.8, 4) is 16.9 Å². The van der Waals surface area contributed by atoms with Crippen LogP contribution >= 0.6 is 0 Å². The molecule has 0 aliphatic rings. The van der Waals surface area contributed by atoms with Gasteiger partial charge in [-0.25, -0.2) is 4.79 Å². The van der Waals surface area contributed by atoms with Crippen LogP contribution in [0.2, 0.25) is 0 Å². The standard InChI is InChI=1S/C16H13N3O2/c1-10-2-4-18-8-13(10)12-6-11-3-5-19-9-14(11)15(7-12)21-16(17)20/h2-9H,1H3,(H2,17,20). The summed E-state index contributed by atoms with van der Waals surface area (Å²) in [5, 5.41) is 1.66. The first-order chi connectivity index (χ1) is 10.1. The molecule has 0 saturated carbocycles. The van der Waals surface area contributed by atoms with Crippen molar-refractivity contribution in [1.29, 1.82) is 0 Å². The quantitative estimate of drug-likeness (QED) is 0.782. The number of carbonyl (C=O) groups excluding carboxylic acids is 1. The van der Waals surface area contributed by atoms with Crippen LogP contribution in [-0.2, 0) is 0 Å². The molecule has 3 aromatic rings. The van der Waals surface area contributed by atoms with Gasteiger partial charge in [-0.3, -0.25) is 9.97 Å². The Morgan fingerprint density at radius 1 is 1.14 bits per heavy atom. The molecular weight excluding hydrogens is 266 g/mol. The van der Waals surface area contributed by atoms with Crippen LogP contribution in [0, 0.1) is 6.92 Å². The van der Waals surface area contributed by atoms with Gasteiger partial charge in [-0.05, 0) is 47.7 Å². The molecule has 0 aliphatic heterocycles. The zero-order chi connectivity index (χ0) is 14.8. The number of benzene rings is 1. The predicted molar refractivity (Wildman–Crippen MR) is 79.9 cm³/mol. The molecule has 0 atom stereocenters. The van der Waals surface area contributed by atoms with Crippen molar-refractivity contribution in [1.82, 2.24) is 9.97 Å². The summed E-state index contributed by atoms with van der Waals surface area (Å²) in [5.41, 5.74) is 8.12. The van der Waals surface area contributed by atoms with E-state index in [4.69, 9.17) is 10.5 Å². The molecule has 1 amide bonds. The lowest BCUT2D eigenvalue weighted by Crippen LogP contribution is -2.16. The summed E-state index contributed by atoms with van der Waals surface area (Å²) in [6.45, 7) is 2.00. The van der Waals surface area contributed by atoms with Crippen molar-refractivity contribution in [2.75, 3.05) is 0 Å². The minimum Gasteiger partial charge on any atom is -0.410 e. The van der Waals surface area contributed by atoms with E-state index in [0.717, 1.165) is 27.5 Å². The lowest BCUT2D eigenvalue weighted by Gasteiger charge is -2.10. The Morgan fingerprint density at radius 3 is 2.67 bits per heavy atom. The Bertz CT molecular complexity index is 831. The van der Waals surface area contributed by atoms with Gasteiger partial charge in [0.05, 0.1) is 0 Å². The fraction of sp³-hybridized carbons (Fsp3) is 0.0625. The lowest BCUT2D eigenvalue weighted by atomic mass is 10.00. The Hall–Kier alpha value is -2.95.